The van der Waals surface area contributed by atoms with Gasteiger partial charge in [-0.05, 0) is 143 Å². The lowest BCUT2D eigenvalue weighted by atomic mass is 9.47. The molecule has 3 heteroatoms. The number of carbonyl (C=O) groups is 1. The number of allylic oxidation sites excluding steroid dienone is 9. The summed E-state index contributed by atoms with van der Waals surface area (Å²) in [4.78, 5) is 23.6. The quantitative estimate of drug-likeness (QED) is 0.0521. The maximum Gasteiger partial charge on any atom is 0.342 e. The van der Waals surface area contributed by atoms with Crippen LogP contribution in [0.3, 0.4) is 0 Å². The van der Waals surface area contributed by atoms with E-state index in [0.29, 0.717) is 11.8 Å². The third-order valence-corrected chi connectivity index (χ3v) is 13.7. The summed E-state index contributed by atoms with van der Waals surface area (Å²) in [6.07, 6.45) is 44.9. The van der Waals surface area contributed by atoms with Crippen molar-refractivity contribution < 1.29 is 14.6 Å². The van der Waals surface area contributed by atoms with Gasteiger partial charge in [-0.3, -0.25) is 4.89 Å². The fourth-order valence-electron chi connectivity index (χ4n) is 10.8. The zero-order valence-corrected chi connectivity index (χ0v) is 33.3. The Morgan fingerprint density at radius 1 is 0.800 bits per heavy atom. The van der Waals surface area contributed by atoms with Gasteiger partial charge in [0.2, 0.25) is 0 Å². The van der Waals surface area contributed by atoms with Crippen molar-refractivity contribution in [3.05, 3.63) is 60.3 Å². The molecule has 4 aliphatic rings. The molecule has 0 spiro atoms. The highest BCUT2D eigenvalue weighted by molar-refractivity contribution is 5.68. The minimum absolute atomic E-state index is 0.000210. The van der Waals surface area contributed by atoms with Gasteiger partial charge >= 0.3 is 5.97 Å². The second-order valence-corrected chi connectivity index (χ2v) is 17.7. The van der Waals surface area contributed by atoms with Gasteiger partial charge in [0, 0.05) is 6.42 Å². The highest BCUT2D eigenvalue weighted by Crippen LogP contribution is 2.67. The molecular formula is C47H76O3. The Balaban J connectivity index is 1.10. The number of unbranched alkanes of at least 4 members (excludes halogenated alkanes) is 4. The number of fused-ring (bicyclic) bond motifs is 5. The summed E-state index contributed by atoms with van der Waals surface area (Å²) >= 11 is 0. The SMILES string of the molecule is CCCCC/C=C\C/C=C\C/C=C\C/C=C\CCCC(=O)OO[C@H]1CC[C@@]2(C)C(=CC[C@H]3[C@@H]4CC[C@H]([C@H](C)CCCC(C)C)[C@@]4(C)CC[C@@H]32)C1. The summed E-state index contributed by atoms with van der Waals surface area (Å²) in [5.74, 6) is 4.90. The standard InChI is InChI=1S/C47H76O3/c1-7-8-9-10-11-12-13-14-15-16-17-18-19-20-21-22-23-27-45(48)50-49-40-32-34-46(5)39(36-40)28-29-41-43-31-30-42(38(4)26-24-25-37(2)3)47(43,6)35-33-44(41)46/h11-12,14-15,17-18,20-21,28,37-38,40-44H,7-10,13,16,19,22-27,29-36H2,1-6H3/b12-11-,15-14-,18-17-,21-20-/t38-,40+,41+,42-,43+,44+,46+,47-/m1/s1. The molecule has 0 aromatic carbocycles. The summed E-state index contributed by atoms with van der Waals surface area (Å²) in [5.41, 5.74) is 2.41. The van der Waals surface area contributed by atoms with Crippen molar-refractivity contribution in [2.45, 2.75) is 182 Å². The Morgan fingerprint density at radius 2 is 1.48 bits per heavy atom. The first-order valence-electron chi connectivity index (χ1n) is 21.3. The summed E-state index contributed by atoms with van der Waals surface area (Å²) in [6, 6.07) is 0. The molecule has 0 radical (unpaired) electrons. The molecule has 3 nitrogen and oxygen atoms in total. The van der Waals surface area contributed by atoms with Crippen molar-refractivity contribution in [2.75, 3.05) is 0 Å². The number of hydrogen-bond acceptors (Lipinski definition) is 3. The van der Waals surface area contributed by atoms with Crippen LogP contribution in [-0.2, 0) is 14.6 Å². The van der Waals surface area contributed by atoms with E-state index < -0.39 is 0 Å². The Hall–Kier alpha value is -1.87. The first-order valence-corrected chi connectivity index (χ1v) is 21.3. The van der Waals surface area contributed by atoms with Crippen molar-refractivity contribution in [3.63, 3.8) is 0 Å². The van der Waals surface area contributed by atoms with Gasteiger partial charge in [-0.1, -0.05) is 134 Å². The third kappa shape index (κ3) is 11.6. The molecule has 0 heterocycles. The van der Waals surface area contributed by atoms with Gasteiger partial charge < -0.3 is 0 Å². The monoisotopic (exact) mass is 689 g/mol. The molecule has 0 N–H and O–H groups in total. The Kier molecular flexibility index (Phi) is 17.2. The van der Waals surface area contributed by atoms with E-state index in [9.17, 15) is 4.79 Å². The van der Waals surface area contributed by atoms with Gasteiger partial charge in [0.15, 0.2) is 0 Å². The molecule has 0 aromatic heterocycles. The predicted octanol–water partition coefficient (Wildman–Crippen LogP) is 14.0. The van der Waals surface area contributed by atoms with Crippen molar-refractivity contribution in [2.24, 2.45) is 46.3 Å². The molecule has 8 atom stereocenters. The summed E-state index contributed by atoms with van der Waals surface area (Å²) in [5, 5.41) is 0. The molecule has 0 unspecified atom stereocenters. The molecule has 0 amide bonds. The van der Waals surface area contributed by atoms with E-state index in [1.54, 1.807) is 5.57 Å². The lowest BCUT2D eigenvalue weighted by molar-refractivity contribution is -0.302. The fraction of sp³-hybridized carbons (Fsp3) is 0.766. The molecule has 4 aliphatic carbocycles. The second-order valence-electron chi connectivity index (χ2n) is 17.7. The van der Waals surface area contributed by atoms with Crippen LogP contribution in [0.4, 0.5) is 0 Å². The van der Waals surface area contributed by atoms with Crippen molar-refractivity contribution in [1.82, 2.24) is 0 Å². The van der Waals surface area contributed by atoms with E-state index in [1.807, 2.05) is 0 Å². The molecule has 0 bridgehead atoms. The Bertz CT molecular complexity index is 1160. The Morgan fingerprint density at radius 3 is 2.16 bits per heavy atom. The van der Waals surface area contributed by atoms with E-state index in [2.05, 4.69) is 96.2 Å². The molecule has 3 fully saturated rings. The van der Waals surface area contributed by atoms with Crippen molar-refractivity contribution in [1.29, 1.82) is 0 Å². The van der Waals surface area contributed by atoms with Gasteiger partial charge in [-0.2, -0.15) is 4.89 Å². The average Bonchev–Trinajstić information content (AvgIpc) is 3.45. The molecule has 4 rings (SSSR count). The minimum atomic E-state index is -0.229. The van der Waals surface area contributed by atoms with E-state index >= 15 is 0 Å². The van der Waals surface area contributed by atoms with Crippen molar-refractivity contribution >= 4 is 5.97 Å². The summed E-state index contributed by atoms with van der Waals surface area (Å²) < 4.78 is 0. The van der Waals surface area contributed by atoms with E-state index in [1.165, 1.54) is 77.0 Å². The average molecular weight is 689 g/mol. The molecule has 3 saturated carbocycles. The molecule has 282 valence electrons. The number of hydrogen-bond donors (Lipinski definition) is 0. The van der Waals surface area contributed by atoms with Crippen LogP contribution < -0.4 is 0 Å². The van der Waals surface area contributed by atoms with Gasteiger partial charge in [0.1, 0.15) is 6.10 Å². The van der Waals surface area contributed by atoms with Crippen LogP contribution in [0.2, 0.25) is 0 Å². The van der Waals surface area contributed by atoms with Gasteiger partial charge in [0.25, 0.3) is 0 Å². The van der Waals surface area contributed by atoms with E-state index in [4.69, 9.17) is 9.78 Å². The van der Waals surface area contributed by atoms with Gasteiger partial charge in [0.05, 0.1) is 0 Å². The van der Waals surface area contributed by atoms with Crippen molar-refractivity contribution in [3.8, 4) is 0 Å². The first kappa shape index (κ1) is 40.9. The number of rotatable bonds is 21. The van der Waals surface area contributed by atoms with E-state index in [-0.39, 0.29) is 17.5 Å². The van der Waals surface area contributed by atoms with Crippen LogP contribution >= 0.6 is 0 Å². The maximum absolute atomic E-state index is 12.5. The fourth-order valence-corrected chi connectivity index (χ4v) is 10.8. The van der Waals surface area contributed by atoms with Gasteiger partial charge in [-0.15, -0.1) is 0 Å². The maximum atomic E-state index is 12.5. The summed E-state index contributed by atoms with van der Waals surface area (Å²) in [7, 11) is 0. The van der Waals surface area contributed by atoms with Crippen LogP contribution in [0.1, 0.15) is 176 Å². The van der Waals surface area contributed by atoms with Crippen LogP contribution in [0.25, 0.3) is 0 Å². The highest BCUT2D eigenvalue weighted by Gasteiger charge is 2.59. The highest BCUT2D eigenvalue weighted by atomic mass is 17.2. The van der Waals surface area contributed by atoms with Gasteiger partial charge in [-0.25, -0.2) is 4.79 Å². The molecule has 0 aromatic rings. The molecule has 0 aliphatic heterocycles. The lowest BCUT2D eigenvalue weighted by Crippen LogP contribution is -2.51. The largest absolute Gasteiger partial charge is 0.342 e. The van der Waals surface area contributed by atoms with Crippen LogP contribution in [0, 0.1) is 46.3 Å². The zero-order chi connectivity index (χ0) is 35.8. The summed E-state index contributed by atoms with van der Waals surface area (Å²) in [6.45, 7) is 14.8. The first-order chi connectivity index (χ1) is 24.2. The second kappa shape index (κ2) is 21.0. The zero-order valence-electron chi connectivity index (χ0n) is 33.3. The third-order valence-electron chi connectivity index (χ3n) is 13.7. The smallest absolute Gasteiger partial charge is 0.298 e. The topological polar surface area (TPSA) is 35.5 Å². The molecular weight excluding hydrogens is 613 g/mol. The lowest BCUT2D eigenvalue weighted by Gasteiger charge is -2.58. The Labute approximate surface area is 308 Å². The normalized spacial score (nSPS) is 31.8. The molecule has 50 heavy (non-hydrogen) atoms. The van der Waals surface area contributed by atoms with Crippen LogP contribution in [0.5, 0.6) is 0 Å². The molecule has 0 saturated heterocycles. The number of carbonyl (C=O) groups excluding carboxylic acids is 1. The van der Waals surface area contributed by atoms with E-state index in [0.717, 1.165) is 86.9 Å². The van der Waals surface area contributed by atoms with Crippen LogP contribution in [0.15, 0.2) is 60.3 Å². The van der Waals surface area contributed by atoms with Crippen LogP contribution in [-0.4, -0.2) is 12.1 Å². The minimum Gasteiger partial charge on any atom is -0.298 e. The predicted molar refractivity (Wildman–Crippen MR) is 212 cm³/mol.